The Kier molecular flexibility index (Phi) is 4.61. The first-order valence-corrected chi connectivity index (χ1v) is 9.73. The molecule has 0 spiro atoms. The minimum absolute atomic E-state index is 0.211. The van der Waals surface area contributed by atoms with E-state index in [0.717, 1.165) is 51.0 Å². The van der Waals surface area contributed by atoms with Crippen LogP contribution in [0.2, 0.25) is 0 Å². The highest BCUT2D eigenvalue weighted by molar-refractivity contribution is 5.26. The van der Waals surface area contributed by atoms with Gasteiger partial charge < -0.3 is 5.11 Å². The fourth-order valence-electron chi connectivity index (χ4n) is 5.04. The smallest absolute Gasteiger partial charge is 0.123 e. The van der Waals surface area contributed by atoms with E-state index in [4.69, 9.17) is 0 Å². The maximum Gasteiger partial charge on any atom is 0.123 e. The lowest BCUT2D eigenvalue weighted by Gasteiger charge is -2.41. The van der Waals surface area contributed by atoms with Crippen LogP contribution in [0, 0.1) is 24.6 Å². The quantitative estimate of drug-likeness (QED) is 0.911. The van der Waals surface area contributed by atoms with Crippen LogP contribution in [0.1, 0.15) is 43.0 Å². The SMILES string of the molecule is CCn1ncc(CN2C[C@@H]3CCC[C@@](O)(c4ccc(F)cc4)[C@@H]3C2)c1C. The highest BCUT2D eigenvalue weighted by atomic mass is 19.1. The van der Waals surface area contributed by atoms with Gasteiger partial charge in [0.15, 0.2) is 0 Å². The van der Waals surface area contributed by atoms with Crippen molar-refractivity contribution < 1.29 is 9.50 Å². The van der Waals surface area contributed by atoms with Gasteiger partial charge in [-0.3, -0.25) is 9.58 Å². The van der Waals surface area contributed by atoms with Gasteiger partial charge in [-0.15, -0.1) is 0 Å². The van der Waals surface area contributed by atoms with Crippen molar-refractivity contribution in [1.29, 1.82) is 0 Å². The van der Waals surface area contributed by atoms with Crippen molar-refractivity contribution in [3.05, 3.63) is 53.1 Å². The maximum atomic E-state index is 13.3. The molecule has 1 aliphatic heterocycles. The number of fused-ring (bicyclic) bond motifs is 1. The summed E-state index contributed by atoms with van der Waals surface area (Å²) in [5.41, 5.74) is 2.53. The van der Waals surface area contributed by atoms with E-state index in [1.54, 1.807) is 12.1 Å². The summed E-state index contributed by atoms with van der Waals surface area (Å²) in [6.07, 6.45) is 4.93. The van der Waals surface area contributed by atoms with Crippen molar-refractivity contribution in [2.24, 2.45) is 11.8 Å². The first-order valence-electron chi connectivity index (χ1n) is 9.73. The number of hydrogen-bond donors (Lipinski definition) is 1. The van der Waals surface area contributed by atoms with Gasteiger partial charge in [-0.2, -0.15) is 5.10 Å². The van der Waals surface area contributed by atoms with Crippen LogP contribution in [0.4, 0.5) is 4.39 Å². The summed E-state index contributed by atoms with van der Waals surface area (Å²) in [6, 6.07) is 6.45. The molecule has 2 fully saturated rings. The molecule has 1 saturated carbocycles. The Morgan fingerprint density at radius 2 is 2.04 bits per heavy atom. The van der Waals surface area contributed by atoms with E-state index in [1.165, 1.54) is 23.4 Å². The molecule has 5 heteroatoms. The molecular weight excluding hydrogens is 329 g/mol. The second-order valence-electron chi connectivity index (χ2n) is 7.96. The summed E-state index contributed by atoms with van der Waals surface area (Å²) in [5.74, 6) is 0.463. The number of aliphatic hydroxyl groups is 1. The summed E-state index contributed by atoms with van der Waals surface area (Å²) >= 11 is 0. The molecule has 2 aromatic rings. The fourth-order valence-corrected chi connectivity index (χ4v) is 5.04. The van der Waals surface area contributed by atoms with Crippen LogP contribution >= 0.6 is 0 Å². The standard InChI is InChI=1S/C21H28FN3O/c1-3-25-15(2)17(11-23-25)13-24-12-16-5-4-10-21(26,20(16)14-24)18-6-8-19(22)9-7-18/h6-9,11,16,20,26H,3-5,10,12-14H2,1-2H3/t16-,20+,21+/m0/s1. The number of nitrogens with zero attached hydrogens (tertiary/aromatic N) is 3. The second-order valence-corrected chi connectivity index (χ2v) is 7.96. The predicted molar refractivity (Wildman–Crippen MR) is 99.0 cm³/mol. The van der Waals surface area contributed by atoms with Gasteiger partial charge in [-0.1, -0.05) is 12.1 Å². The molecular formula is C21H28FN3O. The lowest BCUT2D eigenvalue weighted by molar-refractivity contribution is -0.0648. The molecule has 3 atom stereocenters. The van der Waals surface area contributed by atoms with Crippen LogP contribution in [0.25, 0.3) is 0 Å². The Labute approximate surface area is 154 Å². The van der Waals surface area contributed by atoms with E-state index in [1.807, 2.05) is 10.9 Å². The highest BCUT2D eigenvalue weighted by Gasteiger charge is 2.49. The normalized spacial score (nSPS) is 29.1. The zero-order chi connectivity index (χ0) is 18.3. The van der Waals surface area contributed by atoms with Crippen LogP contribution in [0.3, 0.4) is 0 Å². The minimum Gasteiger partial charge on any atom is -0.385 e. The molecule has 1 aromatic heterocycles. The zero-order valence-electron chi connectivity index (χ0n) is 15.7. The summed E-state index contributed by atoms with van der Waals surface area (Å²) in [5, 5.41) is 16.0. The highest BCUT2D eigenvalue weighted by Crippen LogP contribution is 2.48. The average Bonchev–Trinajstić information content (AvgIpc) is 3.20. The number of hydrogen-bond acceptors (Lipinski definition) is 3. The molecule has 1 N–H and O–H groups in total. The number of likely N-dealkylation sites (tertiary alicyclic amines) is 1. The Morgan fingerprint density at radius 3 is 2.73 bits per heavy atom. The minimum atomic E-state index is -0.839. The summed E-state index contributed by atoms with van der Waals surface area (Å²) in [4.78, 5) is 2.46. The lowest BCUT2D eigenvalue weighted by Crippen LogP contribution is -2.42. The van der Waals surface area contributed by atoms with Crippen molar-refractivity contribution >= 4 is 0 Å². The molecule has 0 unspecified atom stereocenters. The van der Waals surface area contributed by atoms with Gasteiger partial charge in [0.1, 0.15) is 5.82 Å². The first kappa shape index (κ1) is 17.7. The molecule has 140 valence electrons. The third-order valence-electron chi connectivity index (χ3n) is 6.51. The van der Waals surface area contributed by atoms with Crippen molar-refractivity contribution in [3.8, 4) is 0 Å². The predicted octanol–water partition coefficient (Wildman–Crippen LogP) is 3.47. The van der Waals surface area contributed by atoms with E-state index in [0.29, 0.717) is 5.92 Å². The number of rotatable bonds is 4. The number of aromatic nitrogens is 2. The monoisotopic (exact) mass is 357 g/mol. The van der Waals surface area contributed by atoms with Crippen LogP contribution < -0.4 is 0 Å². The van der Waals surface area contributed by atoms with Crippen LogP contribution in [0.5, 0.6) is 0 Å². The van der Waals surface area contributed by atoms with Crippen molar-refractivity contribution in [3.63, 3.8) is 0 Å². The zero-order valence-corrected chi connectivity index (χ0v) is 15.7. The van der Waals surface area contributed by atoms with Gasteiger partial charge in [0.05, 0.1) is 11.8 Å². The van der Waals surface area contributed by atoms with Crippen LogP contribution in [0.15, 0.2) is 30.5 Å². The largest absolute Gasteiger partial charge is 0.385 e. The molecule has 0 amide bonds. The Morgan fingerprint density at radius 1 is 1.27 bits per heavy atom. The third-order valence-corrected chi connectivity index (χ3v) is 6.51. The van der Waals surface area contributed by atoms with Crippen molar-refractivity contribution in [1.82, 2.24) is 14.7 Å². The molecule has 0 radical (unpaired) electrons. The van der Waals surface area contributed by atoms with Crippen molar-refractivity contribution in [2.45, 2.75) is 51.8 Å². The van der Waals surface area contributed by atoms with Crippen LogP contribution in [-0.2, 0) is 18.7 Å². The molecule has 4 rings (SSSR count). The molecule has 4 nitrogen and oxygen atoms in total. The van der Waals surface area contributed by atoms with Gasteiger partial charge >= 0.3 is 0 Å². The van der Waals surface area contributed by atoms with E-state index in [2.05, 4.69) is 23.8 Å². The van der Waals surface area contributed by atoms with Crippen LogP contribution in [-0.4, -0.2) is 32.9 Å². The molecule has 1 aromatic carbocycles. The Hall–Kier alpha value is -1.72. The molecule has 1 aliphatic carbocycles. The number of benzene rings is 1. The molecule has 26 heavy (non-hydrogen) atoms. The van der Waals surface area contributed by atoms with Crippen molar-refractivity contribution in [2.75, 3.05) is 13.1 Å². The summed E-state index contributed by atoms with van der Waals surface area (Å²) in [7, 11) is 0. The van der Waals surface area contributed by atoms with E-state index >= 15 is 0 Å². The maximum absolute atomic E-state index is 13.3. The fraction of sp³-hybridized carbons (Fsp3) is 0.571. The second kappa shape index (κ2) is 6.78. The summed E-state index contributed by atoms with van der Waals surface area (Å²) in [6.45, 7) is 7.92. The summed E-state index contributed by atoms with van der Waals surface area (Å²) < 4.78 is 15.4. The van der Waals surface area contributed by atoms with Gasteiger partial charge in [-0.25, -0.2) is 4.39 Å². The van der Waals surface area contributed by atoms with Gasteiger partial charge in [-0.05, 0) is 56.7 Å². The van der Waals surface area contributed by atoms with E-state index in [-0.39, 0.29) is 11.7 Å². The molecule has 2 heterocycles. The van der Waals surface area contributed by atoms with E-state index < -0.39 is 5.60 Å². The van der Waals surface area contributed by atoms with Gasteiger partial charge in [0.25, 0.3) is 0 Å². The first-order chi connectivity index (χ1) is 12.5. The molecule has 1 saturated heterocycles. The average molecular weight is 357 g/mol. The third kappa shape index (κ3) is 2.97. The van der Waals surface area contributed by atoms with Gasteiger partial charge in [0, 0.05) is 43.4 Å². The van der Waals surface area contributed by atoms with Gasteiger partial charge in [0.2, 0.25) is 0 Å². The number of halogens is 1. The molecule has 2 aliphatic rings. The lowest BCUT2D eigenvalue weighted by atomic mass is 9.67. The number of aryl methyl sites for hydroxylation is 1. The topological polar surface area (TPSA) is 41.3 Å². The Bertz CT molecular complexity index is 772. The Balaban J connectivity index is 1.54. The molecule has 0 bridgehead atoms. The van der Waals surface area contributed by atoms with E-state index in [9.17, 15) is 9.50 Å².